The Kier molecular flexibility index (Phi) is 7.26. The number of hydrogen-bond donors (Lipinski definition) is 1. The number of nitrogens with one attached hydrogen (secondary N) is 1. The molecule has 1 aliphatic heterocycles. The molecule has 2 rings (SSSR count). The van der Waals surface area contributed by atoms with Crippen LogP contribution in [0, 0.1) is 0 Å². The number of nitrogens with zero attached hydrogens (tertiary/aromatic N) is 1. The van der Waals surface area contributed by atoms with Crippen LogP contribution in [0.3, 0.4) is 0 Å². The van der Waals surface area contributed by atoms with Gasteiger partial charge in [0.25, 0.3) is 0 Å². The van der Waals surface area contributed by atoms with Crippen molar-refractivity contribution in [2.45, 2.75) is 19.9 Å². The molecule has 1 unspecified atom stereocenters. The summed E-state index contributed by atoms with van der Waals surface area (Å²) in [4.78, 5) is 14.0. The van der Waals surface area contributed by atoms with Crippen LogP contribution in [0.15, 0.2) is 30.3 Å². The average molecular weight is 311 g/mol. The second kappa shape index (κ2) is 8.70. The largest absolute Gasteiger partial charge is 0.494 e. The maximum Gasteiger partial charge on any atom is 0.246 e. The number of rotatable bonds is 4. The average Bonchev–Trinajstić information content (AvgIpc) is 2.46. The quantitative estimate of drug-likeness (QED) is 0.868. The van der Waals surface area contributed by atoms with E-state index >= 15 is 0 Å². The number of carbonyl (C=O) groups excluding carboxylic acids is 1. The van der Waals surface area contributed by atoms with Crippen molar-refractivity contribution in [1.29, 1.82) is 0 Å². The van der Waals surface area contributed by atoms with Crippen molar-refractivity contribution in [2.75, 3.05) is 26.2 Å². The van der Waals surface area contributed by atoms with E-state index in [1.54, 1.807) is 6.08 Å². The Morgan fingerprint density at radius 1 is 1.43 bits per heavy atom. The molecule has 0 bridgehead atoms. The van der Waals surface area contributed by atoms with E-state index in [4.69, 9.17) is 4.74 Å². The van der Waals surface area contributed by atoms with Gasteiger partial charge in [-0.2, -0.15) is 0 Å². The molecule has 1 aliphatic rings. The number of hydrogen-bond acceptors (Lipinski definition) is 3. The van der Waals surface area contributed by atoms with Crippen LogP contribution >= 0.6 is 12.4 Å². The standard InChI is InChI=1S/C16H22N2O2.ClH/c1-3-20-15-7-4-14(5-8-15)6-9-16(19)18-11-10-17-13(2)12-18;/h4-9,13,17H,3,10-12H2,1-2H3;1H. The van der Waals surface area contributed by atoms with E-state index < -0.39 is 0 Å². The zero-order chi connectivity index (χ0) is 14.4. The van der Waals surface area contributed by atoms with Gasteiger partial charge in [0.1, 0.15) is 5.75 Å². The van der Waals surface area contributed by atoms with E-state index in [2.05, 4.69) is 12.2 Å². The highest BCUT2D eigenvalue weighted by molar-refractivity contribution is 5.91. The maximum absolute atomic E-state index is 12.1. The molecular weight excluding hydrogens is 288 g/mol. The van der Waals surface area contributed by atoms with Crippen LogP contribution in [0.5, 0.6) is 5.75 Å². The zero-order valence-corrected chi connectivity index (χ0v) is 13.4. The molecule has 1 amide bonds. The van der Waals surface area contributed by atoms with Gasteiger partial charge in [-0.1, -0.05) is 12.1 Å². The summed E-state index contributed by atoms with van der Waals surface area (Å²) in [5.41, 5.74) is 1.00. The number of piperazine rings is 1. The first-order valence-electron chi connectivity index (χ1n) is 7.12. The van der Waals surface area contributed by atoms with E-state index in [-0.39, 0.29) is 18.3 Å². The summed E-state index contributed by atoms with van der Waals surface area (Å²) >= 11 is 0. The van der Waals surface area contributed by atoms with Crippen LogP contribution < -0.4 is 10.1 Å². The van der Waals surface area contributed by atoms with E-state index in [1.807, 2.05) is 42.2 Å². The van der Waals surface area contributed by atoms with Crippen LogP contribution in [0.4, 0.5) is 0 Å². The van der Waals surface area contributed by atoms with Crippen molar-refractivity contribution in [1.82, 2.24) is 10.2 Å². The van der Waals surface area contributed by atoms with Gasteiger partial charge in [-0.05, 0) is 37.6 Å². The van der Waals surface area contributed by atoms with E-state index in [1.165, 1.54) is 0 Å². The fourth-order valence-electron chi connectivity index (χ4n) is 2.25. The summed E-state index contributed by atoms with van der Waals surface area (Å²) in [7, 11) is 0. The van der Waals surface area contributed by atoms with Gasteiger partial charge in [-0.15, -0.1) is 12.4 Å². The Morgan fingerprint density at radius 3 is 2.76 bits per heavy atom. The summed E-state index contributed by atoms with van der Waals surface area (Å²) in [5.74, 6) is 0.930. The minimum absolute atomic E-state index is 0. The lowest BCUT2D eigenvalue weighted by molar-refractivity contribution is -0.127. The molecule has 5 heteroatoms. The lowest BCUT2D eigenvalue weighted by Gasteiger charge is -2.31. The monoisotopic (exact) mass is 310 g/mol. The molecule has 1 aromatic carbocycles. The molecule has 0 radical (unpaired) electrons. The summed E-state index contributed by atoms with van der Waals surface area (Å²) in [6.45, 7) is 7.12. The zero-order valence-electron chi connectivity index (χ0n) is 12.5. The van der Waals surface area contributed by atoms with E-state index in [9.17, 15) is 4.79 Å². The molecule has 1 heterocycles. The Labute approximate surface area is 132 Å². The molecular formula is C16H23ClN2O2. The number of ether oxygens (including phenoxy) is 1. The van der Waals surface area contributed by atoms with Gasteiger partial charge in [-0.25, -0.2) is 0 Å². The number of amides is 1. The maximum atomic E-state index is 12.1. The van der Waals surface area contributed by atoms with Gasteiger partial charge in [0, 0.05) is 31.8 Å². The van der Waals surface area contributed by atoms with Crippen molar-refractivity contribution in [3.63, 3.8) is 0 Å². The highest BCUT2D eigenvalue weighted by Crippen LogP contribution is 2.13. The second-order valence-corrected chi connectivity index (χ2v) is 4.97. The smallest absolute Gasteiger partial charge is 0.246 e. The molecule has 0 aliphatic carbocycles. The number of carbonyl (C=O) groups is 1. The third kappa shape index (κ3) is 5.40. The lowest BCUT2D eigenvalue weighted by atomic mass is 10.2. The van der Waals surface area contributed by atoms with Gasteiger partial charge < -0.3 is 15.0 Å². The normalized spacial score (nSPS) is 18.4. The molecule has 1 atom stereocenters. The molecule has 1 saturated heterocycles. The second-order valence-electron chi connectivity index (χ2n) is 4.97. The number of halogens is 1. The topological polar surface area (TPSA) is 41.6 Å². The fourth-order valence-corrected chi connectivity index (χ4v) is 2.25. The van der Waals surface area contributed by atoms with Gasteiger partial charge in [0.05, 0.1) is 6.61 Å². The number of benzene rings is 1. The molecule has 0 aromatic heterocycles. The van der Waals surface area contributed by atoms with Gasteiger partial charge in [-0.3, -0.25) is 4.79 Å². The lowest BCUT2D eigenvalue weighted by Crippen LogP contribution is -2.50. The van der Waals surface area contributed by atoms with Crippen molar-refractivity contribution in [3.05, 3.63) is 35.9 Å². The highest BCUT2D eigenvalue weighted by Gasteiger charge is 2.18. The molecule has 116 valence electrons. The molecule has 21 heavy (non-hydrogen) atoms. The van der Waals surface area contributed by atoms with Crippen molar-refractivity contribution < 1.29 is 9.53 Å². The molecule has 0 saturated carbocycles. The van der Waals surface area contributed by atoms with Crippen LogP contribution in [-0.2, 0) is 4.79 Å². The minimum atomic E-state index is 0. The summed E-state index contributed by atoms with van der Waals surface area (Å²) in [6, 6.07) is 8.11. The van der Waals surface area contributed by atoms with Crippen LogP contribution in [-0.4, -0.2) is 43.1 Å². The first-order chi connectivity index (χ1) is 9.69. The Hall–Kier alpha value is -1.52. The molecule has 4 nitrogen and oxygen atoms in total. The van der Waals surface area contributed by atoms with Crippen molar-refractivity contribution in [3.8, 4) is 5.75 Å². The predicted molar refractivity (Wildman–Crippen MR) is 87.9 cm³/mol. The van der Waals surface area contributed by atoms with Crippen molar-refractivity contribution in [2.24, 2.45) is 0 Å². The Balaban J connectivity index is 0.00000220. The molecule has 1 fully saturated rings. The highest BCUT2D eigenvalue weighted by atomic mass is 35.5. The first kappa shape index (κ1) is 17.5. The van der Waals surface area contributed by atoms with Crippen LogP contribution in [0.1, 0.15) is 19.4 Å². The molecule has 1 aromatic rings. The van der Waals surface area contributed by atoms with Crippen molar-refractivity contribution >= 4 is 24.4 Å². The first-order valence-corrected chi connectivity index (χ1v) is 7.12. The summed E-state index contributed by atoms with van der Waals surface area (Å²) in [5, 5.41) is 3.33. The Bertz CT molecular complexity index is 474. The fraction of sp³-hybridized carbons (Fsp3) is 0.438. The minimum Gasteiger partial charge on any atom is -0.494 e. The predicted octanol–water partition coefficient (Wildman–Crippen LogP) is 2.34. The Morgan fingerprint density at radius 2 is 2.14 bits per heavy atom. The third-order valence-electron chi connectivity index (χ3n) is 3.29. The SMILES string of the molecule is CCOc1ccc(C=CC(=O)N2CCNC(C)C2)cc1.Cl. The van der Waals surface area contributed by atoms with Gasteiger partial charge >= 0.3 is 0 Å². The van der Waals surface area contributed by atoms with Gasteiger partial charge in [0.2, 0.25) is 5.91 Å². The van der Waals surface area contributed by atoms with Crippen LogP contribution in [0.2, 0.25) is 0 Å². The summed E-state index contributed by atoms with van der Waals surface area (Å²) < 4.78 is 5.39. The van der Waals surface area contributed by atoms with Crippen LogP contribution in [0.25, 0.3) is 6.08 Å². The van der Waals surface area contributed by atoms with Gasteiger partial charge in [0.15, 0.2) is 0 Å². The third-order valence-corrected chi connectivity index (χ3v) is 3.29. The molecule has 0 spiro atoms. The van der Waals surface area contributed by atoms with E-state index in [0.29, 0.717) is 12.6 Å². The molecule has 1 N–H and O–H groups in total. The summed E-state index contributed by atoms with van der Waals surface area (Å²) in [6.07, 6.45) is 3.50. The van der Waals surface area contributed by atoms with E-state index in [0.717, 1.165) is 30.9 Å².